The first kappa shape index (κ1) is 43.7. The van der Waals surface area contributed by atoms with Crippen LogP contribution in [-0.2, 0) is 38.7 Å². The summed E-state index contributed by atoms with van der Waals surface area (Å²) in [5.41, 5.74) is 0. The van der Waals surface area contributed by atoms with E-state index in [0.717, 1.165) is 38.5 Å². The highest BCUT2D eigenvalue weighted by Gasteiger charge is 2.46. The molecule has 0 spiro atoms. The number of unbranched alkanes of at least 4 members (excludes halogenated alkanes) is 17. The van der Waals surface area contributed by atoms with Crippen molar-refractivity contribution in [3.05, 3.63) is 0 Å². The predicted molar refractivity (Wildman–Crippen MR) is 178 cm³/mol. The molecule has 0 saturated carbocycles. The Morgan fingerprint density at radius 1 is 0.638 bits per heavy atom. The van der Waals surface area contributed by atoms with Crippen LogP contribution < -0.4 is 0 Å². The predicted octanol–water partition coefficient (Wildman–Crippen LogP) is 5.39. The van der Waals surface area contributed by atoms with Gasteiger partial charge in [-0.2, -0.15) is 8.42 Å². The zero-order valence-corrected chi connectivity index (χ0v) is 29.7. The van der Waals surface area contributed by atoms with E-state index >= 15 is 0 Å². The molecule has 1 heterocycles. The third-order valence-electron chi connectivity index (χ3n) is 8.44. The highest BCUT2D eigenvalue weighted by atomic mass is 32.2. The molecule has 2 unspecified atom stereocenters. The molecule has 4 N–H and O–H groups in total. The average Bonchev–Trinajstić information content (AvgIpc) is 3.02. The molecule has 13 heteroatoms. The number of carbonyl (C=O) groups is 2. The average molecular weight is 697 g/mol. The Morgan fingerprint density at radius 3 is 1.55 bits per heavy atom. The van der Waals surface area contributed by atoms with Gasteiger partial charge in [0.25, 0.3) is 10.1 Å². The van der Waals surface area contributed by atoms with Gasteiger partial charge in [-0.3, -0.25) is 14.1 Å². The minimum absolute atomic E-state index is 0.170. The van der Waals surface area contributed by atoms with Gasteiger partial charge in [-0.1, -0.05) is 123 Å². The summed E-state index contributed by atoms with van der Waals surface area (Å²) in [6.45, 7) is 3.68. The van der Waals surface area contributed by atoms with Crippen LogP contribution in [-0.4, -0.2) is 96.0 Å². The van der Waals surface area contributed by atoms with Gasteiger partial charge in [0.1, 0.15) is 36.8 Å². The Morgan fingerprint density at radius 2 is 1.09 bits per heavy atom. The lowest BCUT2D eigenvalue weighted by atomic mass is 10.00. The van der Waals surface area contributed by atoms with Gasteiger partial charge in [-0.05, 0) is 12.8 Å². The van der Waals surface area contributed by atoms with E-state index in [-0.39, 0.29) is 19.4 Å². The van der Waals surface area contributed by atoms with Crippen LogP contribution in [0.25, 0.3) is 0 Å². The van der Waals surface area contributed by atoms with E-state index < -0.39 is 71.2 Å². The van der Waals surface area contributed by atoms with Gasteiger partial charge >= 0.3 is 11.9 Å². The highest BCUT2D eigenvalue weighted by molar-refractivity contribution is 7.85. The SMILES string of the molecule is CCCCCCCCCCCCCC(=O)O[C@H](COC(=O)CCCCCCCCCC)CO[C@H]1O[C@H](CS(=O)(=O)O)[C@@H](O)C(O)C1O. The van der Waals surface area contributed by atoms with Crippen molar-refractivity contribution >= 4 is 22.1 Å². The quantitative estimate of drug-likeness (QED) is 0.0445. The smallest absolute Gasteiger partial charge is 0.306 e. The molecule has 1 saturated heterocycles. The van der Waals surface area contributed by atoms with Crippen LogP contribution in [0.15, 0.2) is 0 Å². The van der Waals surface area contributed by atoms with Crippen LogP contribution in [0.3, 0.4) is 0 Å². The molecule has 1 aliphatic rings. The van der Waals surface area contributed by atoms with Crippen molar-refractivity contribution in [2.75, 3.05) is 19.0 Å². The van der Waals surface area contributed by atoms with E-state index in [2.05, 4.69) is 13.8 Å². The van der Waals surface area contributed by atoms with Crippen molar-refractivity contribution in [3.63, 3.8) is 0 Å². The van der Waals surface area contributed by atoms with E-state index in [1.165, 1.54) is 70.6 Å². The summed E-state index contributed by atoms with van der Waals surface area (Å²) < 4.78 is 53.6. The van der Waals surface area contributed by atoms with Crippen molar-refractivity contribution in [1.82, 2.24) is 0 Å². The van der Waals surface area contributed by atoms with E-state index in [1.807, 2.05) is 0 Å². The second-order valence-corrected chi connectivity index (χ2v) is 14.4. The van der Waals surface area contributed by atoms with E-state index in [1.54, 1.807) is 0 Å². The summed E-state index contributed by atoms with van der Waals surface area (Å²) in [7, 11) is -4.59. The Hall–Kier alpha value is -1.35. The molecule has 12 nitrogen and oxygen atoms in total. The summed E-state index contributed by atoms with van der Waals surface area (Å²) in [6.07, 6.45) is 11.9. The molecule has 0 bridgehead atoms. The number of rotatable bonds is 29. The molecule has 1 fully saturated rings. The zero-order valence-electron chi connectivity index (χ0n) is 28.9. The summed E-state index contributed by atoms with van der Waals surface area (Å²) in [5, 5.41) is 30.6. The minimum atomic E-state index is -4.59. The Bertz CT molecular complexity index is 915. The number of ether oxygens (including phenoxy) is 4. The molecule has 0 radical (unpaired) electrons. The number of aliphatic hydroxyl groups is 3. The maximum atomic E-state index is 12.6. The molecule has 6 atom stereocenters. The number of hydrogen-bond donors (Lipinski definition) is 4. The first-order chi connectivity index (χ1) is 22.5. The van der Waals surface area contributed by atoms with Crippen LogP contribution in [0.4, 0.5) is 0 Å². The maximum absolute atomic E-state index is 12.6. The molecule has 0 aromatic rings. The first-order valence-corrected chi connectivity index (χ1v) is 19.7. The van der Waals surface area contributed by atoms with Gasteiger partial charge in [0, 0.05) is 12.8 Å². The molecule has 278 valence electrons. The molecule has 0 aromatic carbocycles. The lowest BCUT2D eigenvalue weighted by Crippen LogP contribution is -2.60. The van der Waals surface area contributed by atoms with Gasteiger partial charge in [0.15, 0.2) is 12.4 Å². The molecule has 0 aliphatic carbocycles. The molecule has 0 aromatic heterocycles. The van der Waals surface area contributed by atoms with Gasteiger partial charge in [-0.25, -0.2) is 0 Å². The van der Waals surface area contributed by atoms with Crippen LogP contribution >= 0.6 is 0 Å². The lowest BCUT2D eigenvalue weighted by Gasteiger charge is -2.40. The van der Waals surface area contributed by atoms with Crippen molar-refractivity contribution in [2.24, 2.45) is 0 Å². The second kappa shape index (κ2) is 26.5. The number of aliphatic hydroxyl groups excluding tert-OH is 3. The van der Waals surface area contributed by atoms with Gasteiger partial charge in [0.05, 0.1) is 6.61 Å². The number of hydrogen-bond acceptors (Lipinski definition) is 11. The first-order valence-electron chi connectivity index (χ1n) is 18.1. The fourth-order valence-corrected chi connectivity index (χ4v) is 6.25. The Balaban J connectivity index is 2.56. The van der Waals surface area contributed by atoms with Gasteiger partial charge in [-0.15, -0.1) is 0 Å². The monoisotopic (exact) mass is 696 g/mol. The summed E-state index contributed by atoms with van der Waals surface area (Å²) in [4.78, 5) is 25.0. The van der Waals surface area contributed by atoms with Crippen LogP contribution in [0.2, 0.25) is 0 Å². The van der Waals surface area contributed by atoms with Gasteiger partial charge < -0.3 is 34.3 Å². The molecule has 1 aliphatic heterocycles. The second-order valence-electron chi connectivity index (χ2n) is 12.9. The topological polar surface area (TPSA) is 186 Å². The van der Waals surface area contributed by atoms with E-state index in [0.29, 0.717) is 12.8 Å². The molecule has 1 rings (SSSR count). The summed E-state index contributed by atoms with van der Waals surface area (Å²) >= 11 is 0. The summed E-state index contributed by atoms with van der Waals surface area (Å²) in [6, 6.07) is 0. The number of esters is 2. The Kier molecular flexibility index (Phi) is 24.6. The fourth-order valence-electron chi connectivity index (χ4n) is 5.56. The van der Waals surface area contributed by atoms with Crippen LogP contribution in [0.1, 0.15) is 149 Å². The molecular weight excluding hydrogens is 632 g/mol. The standard InChI is InChI=1S/C34H64O12S/c1-3-5-7-9-11-13-14-15-17-19-21-23-30(36)45-27(24-43-29(35)22-20-18-16-12-10-8-6-4-2)25-44-34-33(39)32(38)31(37)28(46-34)26-47(40,41)42/h27-28,31-34,37-39H,3-26H2,1-2H3,(H,40,41,42)/t27-,28-,31-,32?,33?,34+/m1/s1. The molecular formula is C34H64O12S. The largest absolute Gasteiger partial charge is 0.462 e. The van der Waals surface area contributed by atoms with Crippen molar-refractivity contribution in [1.29, 1.82) is 0 Å². The van der Waals surface area contributed by atoms with Crippen molar-refractivity contribution in [2.45, 2.75) is 185 Å². The van der Waals surface area contributed by atoms with Crippen molar-refractivity contribution in [3.8, 4) is 0 Å². The Labute approximate surface area is 283 Å². The lowest BCUT2D eigenvalue weighted by molar-refractivity contribution is -0.297. The van der Waals surface area contributed by atoms with E-state index in [4.69, 9.17) is 23.5 Å². The minimum Gasteiger partial charge on any atom is -0.462 e. The van der Waals surface area contributed by atoms with Crippen LogP contribution in [0.5, 0.6) is 0 Å². The third kappa shape index (κ3) is 22.1. The normalized spacial score (nSPS) is 22.2. The molecule has 47 heavy (non-hydrogen) atoms. The summed E-state index contributed by atoms with van der Waals surface area (Å²) in [5.74, 6) is -1.98. The number of carbonyl (C=O) groups excluding carboxylic acids is 2. The van der Waals surface area contributed by atoms with Gasteiger partial charge in [0.2, 0.25) is 0 Å². The zero-order chi connectivity index (χ0) is 34.9. The molecule has 0 amide bonds. The maximum Gasteiger partial charge on any atom is 0.306 e. The van der Waals surface area contributed by atoms with Crippen molar-refractivity contribution < 1.29 is 56.8 Å². The van der Waals surface area contributed by atoms with E-state index in [9.17, 15) is 33.3 Å². The third-order valence-corrected chi connectivity index (χ3v) is 9.19. The highest BCUT2D eigenvalue weighted by Crippen LogP contribution is 2.24. The van der Waals surface area contributed by atoms with Crippen LogP contribution in [0, 0.1) is 0 Å². The fraction of sp³-hybridized carbons (Fsp3) is 0.941.